The molecule has 1 heterocycles. The van der Waals surface area contributed by atoms with Crippen molar-refractivity contribution >= 4 is 6.16 Å². The van der Waals surface area contributed by atoms with Crippen LogP contribution in [0.4, 0.5) is 9.18 Å². The molecule has 1 aromatic carbocycles. The standard InChI is InChI=1S/C22H25FN2O3/c1-2-3-4-5-16-6-8-17(9-7-16)21-24-14-20(15-25-21)28-22(26)27-19-12-10-18(23)11-13-19/h2,10-17H,1,3-9H2. The maximum Gasteiger partial charge on any atom is 0.519 e. The van der Waals surface area contributed by atoms with Crippen molar-refractivity contribution in [1.29, 1.82) is 0 Å². The summed E-state index contributed by atoms with van der Waals surface area (Å²) in [5, 5.41) is 0. The molecular formula is C22H25FN2O3. The van der Waals surface area contributed by atoms with Gasteiger partial charge in [0.15, 0.2) is 5.75 Å². The molecule has 1 saturated carbocycles. The Bertz CT molecular complexity index is 769. The molecule has 0 radical (unpaired) electrons. The Hall–Kier alpha value is -2.76. The van der Waals surface area contributed by atoms with E-state index >= 15 is 0 Å². The molecule has 0 bridgehead atoms. The SMILES string of the molecule is C=CCCCC1CCC(c2ncc(OC(=O)Oc3ccc(F)cc3)cn2)CC1. The number of hydrogen-bond donors (Lipinski definition) is 0. The van der Waals surface area contributed by atoms with Gasteiger partial charge in [0.2, 0.25) is 0 Å². The number of nitrogens with zero attached hydrogens (tertiary/aromatic N) is 2. The smallest absolute Gasteiger partial charge is 0.395 e. The number of aromatic nitrogens is 2. The highest BCUT2D eigenvalue weighted by Gasteiger charge is 2.24. The summed E-state index contributed by atoms with van der Waals surface area (Å²) in [5.41, 5.74) is 0. The van der Waals surface area contributed by atoms with E-state index in [0.717, 1.165) is 31.0 Å². The molecule has 1 aromatic heterocycles. The van der Waals surface area contributed by atoms with Crippen LogP contribution in [0.25, 0.3) is 0 Å². The third-order valence-electron chi connectivity index (χ3n) is 5.10. The zero-order chi connectivity index (χ0) is 19.8. The molecule has 0 saturated heterocycles. The van der Waals surface area contributed by atoms with Crippen LogP contribution in [0.5, 0.6) is 11.5 Å². The number of carbonyl (C=O) groups is 1. The Labute approximate surface area is 164 Å². The third kappa shape index (κ3) is 5.87. The number of carbonyl (C=O) groups excluding carboxylic acids is 1. The second-order valence-electron chi connectivity index (χ2n) is 7.12. The summed E-state index contributed by atoms with van der Waals surface area (Å²) < 4.78 is 22.9. The van der Waals surface area contributed by atoms with E-state index in [4.69, 9.17) is 9.47 Å². The first-order valence-electron chi connectivity index (χ1n) is 9.72. The number of halogens is 1. The molecule has 0 amide bonds. The summed E-state index contributed by atoms with van der Waals surface area (Å²) in [6.07, 6.45) is 12.2. The van der Waals surface area contributed by atoms with E-state index < -0.39 is 12.0 Å². The Morgan fingerprint density at radius 1 is 1.07 bits per heavy atom. The van der Waals surface area contributed by atoms with Gasteiger partial charge in [-0.25, -0.2) is 19.2 Å². The highest BCUT2D eigenvalue weighted by Crippen LogP contribution is 2.36. The lowest BCUT2D eigenvalue weighted by Gasteiger charge is -2.27. The van der Waals surface area contributed by atoms with Crippen molar-refractivity contribution in [3.63, 3.8) is 0 Å². The quantitative estimate of drug-likeness (QED) is 0.260. The van der Waals surface area contributed by atoms with E-state index in [1.54, 1.807) is 0 Å². The highest BCUT2D eigenvalue weighted by atomic mass is 19.1. The van der Waals surface area contributed by atoms with Gasteiger partial charge in [-0.2, -0.15) is 0 Å². The van der Waals surface area contributed by atoms with E-state index in [1.807, 2.05) is 6.08 Å². The van der Waals surface area contributed by atoms with Crippen LogP contribution in [-0.4, -0.2) is 16.1 Å². The van der Waals surface area contributed by atoms with Gasteiger partial charge >= 0.3 is 6.16 Å². The van der Waals surface area contributed by atoms with Gasteiger partial charge in [0.05, 0.1) is 12.4 Å². The van der Waals surface area contributed by atoms with E-state index in [1.165, 1.54) is 62.3 Å². The van der Waals surface area contributed by atoms with Crippen LogP contribution in [0.15, 0.2) is 49.3 Å². The molecule has 1 aliphatic rings. The summed E-state index contributed by atoms with van der Waals surface area (Å²) in [7, 11) is 0. The molecule has 5 nitrogen and oxygen atoms in total. The van der Waals surface area contributed by atoms with Gasteiger partial charge in [-0.15, -0.1) is 6.58 Å². The minimum atomic E-state index is -0.914. The first-order valence-corrected chi connectivity index (χ1v) is 9.72. The molecule has 0 spiro atoms. The van der Waals surface area contributed by atoms with E-state index in [9.17, 15) is 9.18 Å². The molecule has 1 fully saturated rings. The fraction of sp³-hybridized carbons (Fsp3) is 0.409. The van der Waals surface area contributed by atoms with Crippen molar-refractivity contribution < 1.29 is 18.7 Å². The third-order valence-corrected chi connectivity index (χ3v) is 5.10. The van der Waals surface area contributed by atoms with Crippen molar-refractivity contribution in [3.8, 4) is 11.5 Å². The van der Waals surface area contributed by atoms with E-state index in [-0.39, 0.29) is 11.5 Å². The molecule has 28 heavy (non-hydrogen) atoms. The highest BCUT2D eigenvalue weighted by molar-refractivity contribution is 5.66. The summed E-state index contributed by atoms with van der Waals surface area (Å²) in [6.45, 7) is 3.77. The lowest BCUT2D eigenvalue weighted by molar-refractivity contribution is 0.151. The Morgan fingerprint density at radius 3 is 2.36 bits per heavy atom. The van der Waals surface area contributed by atoms with Gasteiger partial charge in [-0.05, 0) is 68.7 Å². The van der Waals surface area contributed by atoms with Crippen LogP contribution in [0.3, 0.4) is 0 Å². The molecular weight excluding hydrogens is 359 g/mol. The molecule has 148 valence electrons. The van der Waals surface area contributed by atoms with Gasteiger partial charge in [0.25, 0.3) is 0 Å². The summed E-state index contributed by atoms with van der Waals surface area (Å²) in [6, 6.07) is 5.11. The van der Waals surface area contributed by atoms with Crippen LogP contribution in [0.2, 0.25) is 0 Å². The number of allylic oxidation sites excluding steroid dienone is 1. The van der Waals surface area contributed by atoms with Gasteiger partial charge in [0, 0.05) is 5.92 Å². The fourth-order valence-electron chi connectivity index (χ4n) is 3.57. The summed E-state index contributed by atoms with van der Waals surface area (Å²) >= 11 is 0. The van der Waals surface area contributed by atoms with Crippen LogP contribution in [0, 0.1) is 11.7 Å². The van der Waals surface area contributed by atoms with Crippen molar-refractivity contribution in [2.24, 2.45) is 5.92 Å². The molecule has 0 atom stereocenters. The predicted molar refractivity (Wildman–Crippen MR) is 104 cm³/mol. The summed E-state index contributed by atoms with van der Waals surface area (Å²) in [4.78, 5) is 20.5. The van der Waals surface area contributed by atoms with Crippen LogP contribution >= 0.6 is 0 Å². The number of unbranched alkanes of at least 4 members (excludes halogenated alkanes) is 1. The lowest BCUT2D eigenvalue weighted by atomic mass is 9.79. The minimum Gasteiger partial charge on any atom is -0.395 e. The topological polar surface area (TPSA) is 61.3 Å². The molecule has 1 aliphatic carbocycles. The van der Waals surface area contributed by atoms with Crippen LogP contribution < -0.4 is 9.47 Å². The zero-order valence-corrected chi connectivity index (χ0v) is 15.9. The van der Waals surface area contributed by atoms with Gasteiger partial charge in [-0.1, -0.05) is 12.5 Å². The maximum atomic E-state index is 12.9. The van der Waals surface area contributed by atoms with Gasteiger partial charge < -0.3 is 9.47 Å². The fourth-order valence-corrected chi connectivity index (χ4v) is 3.57. The van der Waals surface area contributed by atoms with Gasteiger partial charge in [-0.3, -0.25) is 0 Å². The van der Waals surface area contributed by atoms with Crippen molar-refractivity contribution in [1.82, 2.24) is 9.97 Å². The van der Waals surface area contributed by atoms with Crippen LogP contribution in [-0.2, 0) is 0 Å². The first-order chi connectivity index (χ1) is 13.6. The molecule has 0 N–H and O–H groups in total. The Morgan fingerprint density at radius 2 is 1.71 bits per heavy atom. The normalized spacial score (nSPS) is 19.0. The number of hydrogen-bond acceptors (Lipinski definition) is 5. The zero-order valence-electron chi connectivity index (χ0n) is 15.9. The first kappa shape index (κ1) is 20.0. The molecule has 3 rings (SSSR count). The predicted octanol–water partition coefficient (Wildman–Crippen LogP) is 5.82. The average molecular weight is 384 g/mol. The van der Waals surface area contributed by atoms with E-state index in [2.05, 4.69) is 16.5 Å². The molecule has 0 unspecified atom stereocenters. The van der Waals surface area contributed by atoms with Crippen molar-refractivity contribution in [2.75, 3.05) is 0 Å². The number of ether oxygens (including phenoxy) is 2. The minimum absolute atomic E-state index is 0.203. The van der Waals surface area contributed by atoms with Crippen molar-refractivity contribution in [3.05, 3.63) is 61.0 Å². The molecule has 2 aromatic rings. The van der Waals surface area contributed by atoms with Crippen LogP contribution in [0.1, 0.15) is 56.7 Å². The largest absolute Gasteiger partial charge is 0.519 e. The molecule has 0 aliphatic heterocycles. The Balaban J connectivity index is 1.46. The average Bonchev–Trinajstić information content (AvgIpc) is 2.71. The monoisotopic (exact) mass is 384 g/mol. The summed E-state index contributed by atoms with van der Waals surface area (Å²) in [5.74, 6) is 1.96. The van der Waals surface area contributed by atoms with E-state index in [0.29, 0.717) is 5.92 Å². The Kier molecular flexibility index (Phi) is 7.12. The maximum absolute atomic E-state index is 12.9. The lowest BCUT2D eigenvalue weighted by Crippen LogP contribution is -2.16. The molecule has 6 heteroatoms. The number of benzene rings is 1. The van der Waals surface area contributed by atoms with Crippen molar-refractivity contribution in [2.45, 2.75) is 50.9 Å². The van der Waals surface area contributed by atoms with Gasteiger partial charge in [0.1, 0.15) is 17.4 Å². The number of rotatable bonds is 7. The second kappa shape index (κ2) is 9.97. The second-order valence-corrected chi connectivity index (χ2v) is 7.12.